The highest BCUT2D eigenvalue weighted by molar-refractivity contribution is 7.91. The van der Waals surface area contributed by atoms with Gasteiger partial charge in [0.1, 0.15) is 6.10 Å². The number of amides is 1. The first-order valence-corrected chi connectivity index (χ1v) is 11.9. The smallest absolute Gasteiger partial charge is 0.251 e. The van der Waals surface area contributed by atoms with E-state index in [1.165, 1.54) is 0 Å². The van der Waals surface area contributed by atoms with Crippen LogP contribution in [0, 0.1) is 0 Å². The second kappa shape index (κ2) is 10.1. The third-order valence-corrected chi connectivity index (χ3v) is 6.87. The predicted octanol–water partition coefficient (Wildman–Crippen LogP) is 0.749. The maximum atomic E-state index is 12.5. The number of nitrogens with one attached hydrogen (secondary N) is 1. The van der Waals surface area contributed by atoms with Gasteiger partial charge in [0.05, 0.1) is 17.2 Å². The van der Waals surface area contributed by atoms with Gasteiger partial charge in [0, 0.05) is 39.3 Å². The number of nitrogens with zero attached hydrogens (tertiary/aromatic N) is 3. The zero-order chi connectivity index (χ0) is 20.7. The summed E-state index contributed by atoms with van der Waals surface area (Å²) in [5, 5.41) is 3.23. The van der Waals surface area contributed by atoms with Gasteiger partial charge in [-0.1, -0.05) is 18.2 Å². The Labute approximate surface area is 172 Å². The normalized spacial score (nSPS) is 20.7. The number of hydrogen-bond donors (Lipinski definition) is 1. The van der Waals surface area contributed by atoms with Crippen molar-refractivity contribution in [1.82, 2.24) is 15.1 Å². The van der Waals surface area contributed by atoms with Crippen molar-refractivity contribution in [3.05, 3.63) is 30.3 Å². The molecule has 1 amide bonds. The maximum absolute atomic E-state index is 12.5. The van der Waals surface area contributed by atoms with Gasteiger partial charge in [-0.2, -0.15) is 0 Å². The van der Waals surface area contributed by atoms with Gasteiger partial charge in [0.2, 0.25) is 0 Å². The highest BCUT2D eigenvalue weighted by atomic mass is 32.2. The number of aliphatic imine (C=N–C) groups is 1. The van der Waals surface area contributed by atoms with Gasteiger partial charge in [0.25, 0.3) is 5.91 Å². The van der Waals surface area contributed by atoms with Crippen molar-refractivity contribution in [2.24, 2.45) is 4.99 Å². The van der Waals surface area contributed by atoms with Crippen LogP contribution < -0.4 is 5.32 Å². The molecule has 0 spiro atoms. The van der Waals surface area contributed by atoms with E-state index in [1.807, 2.05) is 11.8 Å². The Hall–Kier alpha value is -2.13. The molecule has 0 radical (unpaired) electrons. The lowest BCUT2D eigenvalue weighted by Gasteiger charge is -2.37. The zero-order valence-corrected chi connectivity index (χ0v) is 17.7. The molecule has 0 aliphatic carbocycles. The lowest BCUT2D eigenvalue weighted by Crippen LogP contribution is -2.55. The Morgan fingerprint density at radius 1 is 1.17 bits per heavy atom. The van der Waals surface area contributed by atoms with Crippen molar-refractivity contribution in [2.75, 3.05) is 51.6 Å². The van der Waals surface area contributed by atoms with E-state index < -0.39 is 9.84 Å². The average molecular weight is 423 g/mol. The van der Waals surface area contributed by atoms with Crippen LogP contribution in [-0.4, -0.2) is 87.8 Å². The molecule has 2 aliphatic heterocycles. The first kappa shape index (κ1) is 21.6. The molecule has 3 rings (SSSR count). The van der Waals surface area contributed by atoms with Gasteiger partial charge >= 0.3 is 0 Å². The van der Waals surface area contributed by atoms with Gasteiger partial charge in [-0.15, -0.1) is 0 Å². The van der Waals surface area contributed by atoms with Gasteiger partial charge in [-0.3, -0.25) is 9.79 Å². The van der Waals surface area contributed by atoms with Crippen LogP contribution in [0.25, 0.3) is 0 Å². The highest BCUT2D eigenvalue weighted by Gasteiger charge is 2.30. The number of ether oxygens (including phenoxy) is 1. The molecule has 0 bridgehead atoms. The van der Waals surface area contributed by atoms with E-state index in [-0.39, 0.29) is 24.3 Å². The topological polar surface area (TPSA) is 91.3 Å². The van der Waals surface area contributed by atoms with Crippen molar-refractivity contribution >= 4 is 21.7 Å². The number of sulfone groups is 1. The number of guanidine groups is 1. The minimum absolute atomic E-state index is 0.0383. The standard InChI is InChI=1S/C20H30N4O4S/c1-2-21-20(22-10-16-29(26,27)17-7-4-3-5-8-17)24-13-11-23(12-14-24)19(25)18-9-6-15-28-18/h3-5,7-8,18H,2,6,9-16H2,1H3,(H,21,22). The Balaban J connectivity index is 1.55. The monoisotopic (exact) mass is 422 g/mol. The maximum Gasteiger partial charge on any atom is 0.251 e. The van der Waals surface area contributed by atoms with Gasteiger partial charge in [-0.25, -0.2) is 8.42 Å². The van der Waals surface area contributed by atoms with Gasteiger partial charge < -0.3 is 19.9 Å². The number of piperazine rings is 1. The molecule has 1 aromatic carbocycles. The highest BCUT2D eigenvalue weighted by Crippen LogP contribution is 2.16. The van der Waals surface area contributed by atoms with E-state index in [0.717, 1.165) is 12.8 Å². The fraction of sp³-hybridized carbons (Fsp3) is 0.600. The van der Waals surface area contributed by atoms with Crippen molar-refractivity contribution in [2.45, 2.75) is 30.8 Å². The fourth-order valence-corrected chi connectivity index (χ4v) is 4.70. The summed E-state index contributed by atoms with van der Waals surface area (Å²) in [5.74, 6) is 0.738. The third kappa shape index (κ3) is 5.70. The average Bonchev–Trinajstić information content (AvgIpc) is 3.28. The summed E-state index contributed by atoms with van der Waals surface area (Å²) in [7, 11) is -3.35. The van der Waals surface area contributed by atoms with Crippen LogP contribution >= 0.6 is 0 Å². The Morgan fingerprint density at radius 2 is 1.86 bits per heavy atom. The third-order valence-electron chi connectivity index (χ3n) is 5.15. The van der Waals surface area contributed by atoms with E-state index in [0.29, 0.717) is 50.2 Å². The minimum atomic E-state index is -3.35. The fourth-order valence-electron chi connectivity index (χ4n) is 3.56. The zero-order valence-electron chi connectivity index (χ0n) is 16.9. The van der Waals surface area contributed by atoms with Crippen molar-refractivity contribution < 1.29 is 17.9 Å². The lowest BCUT2D eigenvalue weighted by molar-refractivity contribution is -0.142. The Kier molecular flexibility index (Phi) is 7.49. The molecule has 0 saturated carbocycles. The molecule has 8 nitrogen and oxygen atoms in total. The van der Waals surface area contributed by atoms with Crippen LogP contribution in [0.3, 0.4) is 0 Å². The molecular formula is C20H30N4O4S. The Bertz CT molecular complexity index is 799. The largest absolute Gasteiger partial charge is 0.368 e. The van der Waals surface area contributed by atoms with Crippen molar-refractivity contribution in [3.8, 4) is 0 Å². The van der Waals surface area contributed by atoms with Crippen LogP contribution in [0.15, 0.2) is 40.2 Å². The molecule has 1 atom stereocenters. The predicted molar refractivity (Wildman–Crippen MR) is 112 cm³/mol. The molecule has 2 saturated heterocycles. The summed E-state index contributed by atoms with van der Waals surface area (Å²) in [5.41, 5.74) is 0. The molecule has 2 heterocycles. The second-order valence-corrected chi connectivity index (χ2v) is 9.29. The molecule has 2 fully saturated rings. The molecule has 0 aromatic heterocycles. The summed E-state index contributed by atoms with van der Waals surface area (Å²) in [6, 6.07) is 8.45. The first-order chi connectivity index (χ1) is 14.0. The van der Waals surface area contributed by atoms with Crippen LogP contribution in [0.5, 0.6) is 0 Å². The summed E-state index contributed by atoms with van der Waals surface area (Å²) >= 11 is 0. The van der Waals surface area contributed by atoms with E-state index >= 15 is 0 Å². The van der Waals surface area contributed by atoms with E-state index in [4.69, 9.17) is 4.74 Å². The minimum Gasteiger partial charge on any atom is -0.368 e. The van der Waals surface area contributed by atoms with E-state index in [2.05, 4.69) is 15.2 Å². The molecule has 1 N–H and O–H groups in total. The Morgan fingerprint density at radius 3 is 2.48 bits per heavy atom. The van der Waals surface area contributed by atoms with Crippen molar-refractivity contribution in [1.29, 1.82) is 0 Å². The molecule has 9 heteroatoms. The lowest BCUT2D eigenvalue weighted by atomic mass is 10.2. The summed E-state index contributed by atoms with van der Waals surface area (Å²) in [6.07, 6.45) is 1.46. The van der Waals surface area contributed by atoms with E-state index in [1.54, 1.807) is 30.3 Å². The molecule has 1 aromatic rings. The molecule has 1 unspecified atom stereocenters. The molecular weight excluding hydrogens is 392 g/mol. The quantitative estimate of drug-likeness (QED) is 0.537. The summed E-state index contributed by atoms with van der Waals surface area (Å²) in [6.45, 7) is 6.09. The number of rotatable bonds is 6. The number of carbonyl (C=O) groups excluding carboxylic acids is 1. The second-order valence-electron chi connectivity index (χ2n) is 7.18. The van der Waals surface area contributed by atoms with Crippen LogP contribution in [0.4, 0.5) is 0 Å². The van der Waals surface area contributed by atoms with Gasteiger partial charge in [0.15, 0.2) is 15.8 Å². The molecule has 29 heavy (non-hydrogen) atoms. The number of benzene rings is 1. The van der Waals surface area contributed by atoms with Crippen LogP contribution in [0.1, 0.15) is 19.8 Å². The first-order valence-electron chi connectivity index (χ1n) is 10.2. The van der Waals surface area contributed by atoms with Crippen LogP contribution in [0.2, 0.25) is 0 Å². The summed E-state index contributed by atoms with van der Waals surface area (Å²) < 4.78 is 30.4. The SMILES string of the molecule is CCNC(=NCCS(=O)(=O)c1ccccc1)N1CCN(C(=O)C2CCCO2)CC1. The number of carbonyl (C=O) groups is 1. The van der Waals surface area contributed by atoms with Crippen LogP contribution in [-0.2, 0) is 19.4 Å². The summed E-state index contributed by atoms with van der Waals surface area (Å²) in [4.78, 5) is 21.3. The molecule has 2 aliphatic rings. The number of hydrogen-bond acceptors (Lipinski definition) is 5. The van der Waals surface area contributed by atoms with E-state index in [9.17, 15) is 13.2 Å². The van der Waals surface area contributed by atoms with Crippen molar-refractivity contribution in [3.63, 3.8) is 0 Å². The van der Waals surface area contributed by atoms with Gasteiger partial charge in [-0.05, 0) is 31.9 Å². The molecule has 160 valence electrons.